The fourth-order valence-electron chi connectivity index (χ4n) is 1.87. The molecule has 1 atom stereocenters. The first-order chi connectivity index (χ1) is 8.99. The van der Waals surface area contributed by atoms with E-state index < -0.39 is 5.92 Å². The SMILES string of the molecule is CC1=NN(CC(C)C)C(=O)[C@H]1C(=O)Nc1nccs1. The number of carbonyl (C=O) groups excluding carboxylic acids is 2. The van der Waals surface area contributed by atoms with Gasteiger partial charge in [-0.15, -0.1) is 11.3 Å². The minimum atomic E-state index is -0.831. The maximum absolute atomic E-state index is 12.2. The largest absolute Gasteiger partial charge is 0.301 e. The van der Waals surface area contributed by atoms with Gasteiger partial charge in [0.1, 0.15) is 0 Å². The zero-order valence-corrected chi connectivity index (χ0v) is 11.9. The molecule has 0 spiro atoms. The van der Waals surface area contributed by atoms with Gasteiger partial charge in [-0.1, -0.05) is 13.8 Å². The van der Waals surface area contributed by atoms with Crippen molar-refractivity contribution in [2.75, 3.05) is 11.9 Å². The van der Waals surface area contributed by atoms with E-state index in [1.54, 1.807) is 18.5 Å². The number of hydrogen-bond donors (Lipinski definition) is 1. The number of anilines is 1. The van der Waals surface area contributed by atoms with Crippen molar-refractivity contribution in [1.29, 1.82) is 0 Å². The van der Waals surface area contributed by atoms with E-state index in [1.807, 2.05) is 13.8 Å². The molecule has 1 aliphatic rings. The molecular weight excluding hydrogens is 264 g/mol. The minimum absolute atomic E-state index is 0.264. The fourth-order valence-corrected chi connectivity index (χ4v) is 2.40. The van der Waals surface area contributed by atoms with E-state index in [4.69, 9.17) is 0 Å². The fraction of sp³-hybridized carbons (Fsp3) is 0.500. The van der Waals surface area contributed by atoms with Gasteiger partial charge in [-0.2, -0.15) is 5.10 Å². The predicted molar refractivity (Wildman–Crippen MR) is 73.9 cm³/mol. The molecule has 2 heterocycles. The van der Waals surface area contributed by atoms with Gasteiger partial charge in [0.15, 0.2) is 11.0 Å². The van der Waals surface area contributed by atoms with Crippen molar-refractivity contribution < 1.29 is 9.59 Å². The highest BCUT2D eigenvalue weighted by atomic mass is 32.1. The number of hydrazone groups is 1. The normalized spacial score (nSPS) is 18.9. The Morgan fingerprint density at radius 3 is 2.89 bits per heavy atom. The maximum atomic E-state index is 12.2. The Hall–Kier alpha value is -1.76. The number of nitrogens with one attached hydrogen (secondary N) is 1. The molecule has 102 valence electrons. The molecule has 1 aromatic rings. The van der Waals surface area contributed by atoms with Crippen molar-refractivity contribution in [2.24, 2.45) is 16.9 Å². The Morgan fingerprint density at radius 2 is 2.32 bits per heavy atom. The lowest BCUT2D eigenvalue weighted by molar-refractivity contribution is -0.136. The van der Waals surface area contributed by atoms with Crippen LogP contribution in [0.4, 0.5) is 5.13 Å². The van der Waals surface area contributed by atoms with Gasteiger partial charge in [0.05, 0.1) is 5.71 Å². The van der Waals surface area contributed by atoms with Crippen LogP contribution in [-0.4, -0.2) is 34.1 Å². The monoisotopic (exact) mass is 280 g/mol. The lowest BCUT2D eigenvalue weighted by atomic mass is 10.0. The number of amides is 2. The third-order valence-electron chi connectivity index (χ3n) is 2.66. The smallest absolute Gasteiger partial charge is 0.261 e. The first kappa shape index (κ1) is 13.7. The number of rotatable bonds is 4. The second-order valence-corrected chi connectivity index (χ2v) is 5.71. The topological polar surface area (TPSA) is 74.7 Å². The molecule has 0 saturated carbocycles. The van der Waals surface area contributed by atoms with E-state index in [9.17, 15) is 9.59 Å². The summed E-state index contributed by atoms with van der Waals surface area (Å²) in [5.41, 5.74) is 0.528. The van der Waals surface area contributed by atoms with Crippen LogP contribution in [0.25, 0.3) is 0 Å². The molecular formula is C12H16N4O2S. The minimum Gasteiger partial charge on any atom is -0.301 e. The van der Waals surface area contributed by atoms with Gasteiger partial charge in [-0.05, 0) is 12.8 Å². The summed E-state index contributed by atoms with van der Waals surface area (Å²) >= 11 is 1.32. The van der Waals surface area contributed by atoms with Crippen LogP contribution in [-0.2, 0) is 9.59 Å². The third-order valence-corrected chi connectivity index (χ3v) is 3.35. The number of hydrogen-bond acceptors (Lipinski definition) is 5. The van der Waals surface area contributed by atoms with Crippen molar-refractivity contribution in [1.82, 2.24) is 9.99 Å². The molecule has 1 aliphatic heterocycles. The summed E-state index contributed by atoms with van der Waals surface area (Å²) in [6, 6.07) is 0. The zero-order chi connectivity index (χ0) is 14.0. The summed E-state index contributed by atoms with van der Waals surface area (Å²) in [6.07, 6.45) is 1.60. The van der Waals surface area contributed by atoms with Crippen molar-refractivity contribution in [2.45, 2.75) is 20.8 Å². The van der Waals surface area contributed by atoms with Crippen LogP contribution in [0, 0.1) is 11.8 Å². The van der Waals surface area contributed by atoms with Gasteiger partial charge in [0, 0.05) is 18.1 Å². The molecule has 0 aliphatic carbocycles. The first-order valence-electron chi connectivity index (χ1n) is 6.06. The maximum Gasteiger partial charge on any atom is 0.261 e. The summed E-state index contributed by atoms with van der Waals surface area (Å²) in [5.74, 6) is -1.16. The third kappa shape index (κ3) is 2.98. The van der Waals surface area contributed by atoms with Gasteiger partial charge in [0.2, 0.25) is 5.91 Å². The highest BCUT2D eigenvalue weighted by molar-refractivity contribution is 7.13. The second kappa shape index (κ2) is 5.48. The Morgan fingerprint density at radius 1 is 1.58 bits per heavy atom. The molecule has 1 N–H and O–H groups in total. The molecule has 0 radical (unpaired) electrons. The van der Waals surface area contributed by atoms with Crippen LogP contribution in [0.5, 0.6) is 0 Å². The summed E-state index contributed by atoms with van der Waals surface area (Å²) < 4.78 is 0. The van der Waals surface area contributed by atoms with Crippen LogP contribution < -0.4 is 5.32 Å². The van der Waals surface area contributed by atoms with Gasteiger partial charge in [0.25, 0.3) is 5.91 Å². The highest BCUT2D eigenvalue weighted by Gasteiger charge is 2.39. The van der Waals surface area contributed by atoms with Gasteiger partial charge in [-0.25, -0.2) is 9.99 Å². The second-order valence-electron chi connectivity index (χ2n) is 4.82. The zero-order valence-electron chi connectivity index (χ0n) is 11.1. The van der Waals surface area contributed by atoms with E-state index >= 15 is 0 Å². The lowest BCUT2D eigenvalue weighted by Gasteiger charge is -2.15. The average Bonchev–Trinajstić information content (AvgIpc) is 2.88. The molecule has 2 amide bonds. The van der Waals surface area contributed by atoms with Gasteiger partial charge in [-0.3, -0.25) is 9.59 Å². The van der Waals surface area contributed by atoms with E-state index in [2.05, 4.69) is 15.4 Å². The molecule has 0 bridgehead atoms. The van der Waals surface area contributed by atoms with E-state index in [0.29, 0.717) is 23.3 Å². The molecule has 0 fully saturated rings. The van der Waals surface area contributed by atoms with Crippen molar-refractivity contribution in [3.05, 3.63) is 11.6 Å². The van der Waals surface area contributed by atoms with Crippen molar-refractivity contribution in [3.8, 4) is 0 Å². The summed E-state index contributed by atoms with van der Waals surface area (Å²) in [7, 11) is 0. The quantitative estimate of drug-likeness (QED) is 0.851. The molecule has 7 heteroatoms. The van der Waals surface area contributed by atoms with E-state index in [-0.39, 0.29) is 11.8 Å². The van der Waals surface area contributed by atoms with Gasteiger partial charge >= 0.3 is 0 Å². The highest BCUT2D eigenvalue weighted by Crippen LogP contribution is 2.20. The Labute approximate surface area is 115 Å². The first-order valence-corrected chi connectivity index (χ1v) is 6.94. The Bertz CT molecular complexity index is 510. The standard InChI is InChI=1S/C12H16N4O2S/c1-7(2)6-16-11(18)9(8(3)15-16)10(17)14-12-13-4-5-19-12/h4-5,7,9H,6H2,1-3H3,(H,13,14,17)/t9-/m1/s1. The molecule has 0 aromatic carbocycles. The Balaban J connectivity index is 2.07. The molecule has 2 rings (SSSR count). The average molecular weight is 280 g/mol. The number of carbonyl (C=O) groups is 2. The number of aromatic nitrogens is 1. The summed E-state index contributed by atoms with van der Waals surface area (Å²) in [6.45, 7) is 6.23. The van der Waals surface area contributed by atoms with E-state index in [0.717, 1.165) is 0 Å². The van der Waals surface area contributed by atoms with Crippen molar-refractivity contribution >= 4 is 34.0 Å². The summed E-state index contributed by atoms with van der Waals surface area (Å²) in [5, 5.41) is 10.4. The summed E-state index contributed by atoms with van der Waals surface area (Å²) in [4.78, 5) is 28.2. The van der Waals surface area contributed by atoms with Crippen LogP contribution in [0.2, 0.25) is 0 Å². The van der Waals surface area contributed by atoms with Crippen LogP contribution in [0.1, 0.15) is 20.8 Å². The van der Waals surface area contributed by atoms with Crippen LogP contribution in [0.15, 0.2) is 16.7 Å². The molecule has 6 nitrogen and oxygen atoms in total. The Kier molecular flexibility index (Phi) is 3.94. The lowest BCUT2D eigenvalue weighted by Crippen LogP contribution is -2.37. The number of thiazole rings is 1. The van der Waals surface area contributed by atoms with Crippen molar-refractivity contribution in [3.63, 3.8) is 0 Å². The van der Waals surface area contributed by atoms with Crippen LogP contribution >= 0.6 is 11.3 Å². The predicted octanol–water partition coefficient (Wildman–Crippen LogP) is 1.57. The molecule has 0 unspecified atom stereocenters. The van der Waals surface area contributed by atoms with Gasteiger partial charge < -0.3 is 5.32 Å². The molecule has 19 heavy (non-hydrogen) atoms. The van der Waals surface area contributed by atoms with E-state index in [1.165, 1.54) is 16.3 Å². The molecule has 0 saturated heterocycles. The number of nitrogens with zero attached hydrogens (tertiary/aromatic N) is 3. The van der Waals surface area contributed by atoms with Crippen LogP contribution in [0.3, 0.4) is 0 Å². The molecule has 1 aromatic heterocycles.